The van der Waals surface area contributed by atoms with Crippen LogP contribution in [0.3, 0.4) is 0 Å². The predicted molar refractivity (Wildman–Crippen MR) is 211 cm³/mol. The van der Waals surface area contributed by atoms with Gasteiger partial charge in [-0.1, -0.05) is 195 Å². The van der Waals surface area contributed by atoms with Gasteiger partial charge in [0, 0.05) is 5.04 Å². The highest BCUT2D eigenvalue weighted by Gasteiger charge is 2.53. The van der Waals surface area contributed by atoms with Crippen LogP contribution in [0.1, 0.15) is 37.5 Å². The van der Waals surface area contributed by atoms with E-state index in [1.54, 1.807) is 6.21 Å². The van der Waals surface area contributed by atoms with Crippen molar-refractivity contribution in [2.45, 2.75) is 61.8 Å². The average molecular weight is 784 g/mol. The molecule has 5 aromatic rings. The molecule has 0 amide bonds. The van der Waals surface area contributed by atoms with Gasteiger partial charge in [0.2, 0.25) is 0 Å². The van der Waals surface area contributed by atoms with Crippen LogP contribution < -0.4 is 10.4 Å². The van der Waals surface area contributed by atoms with E-state index in [2.05, 4.69) is 128 Å². The molecule has 254 valence electrons. The molecule has 0 saturated carbocycles. The van der Waals surface area contributed by atoms with Gasteiger partial charge in [-0.05, 0) is 27.1 Å². The molecule has 0 aliphatic rings. The molecule has 7 heteroatoms. The summed E-state index contributed by atoms with van der Waals surface area (Å²) in [6.45, 7) is 8.56. The summed E-state index contributed by atoms with van der Waals surface area (Å²) in [6, 6.07) is 51.7. The number of benzene rings is 5. The Morgan fingerprint density at radius 2 is 1.00 bits per heavy atom. The van der Waals surface area contributed by atoms with Crippen LogP contribution in [0.25, 0.3) is 0 Å². The van der Waals surface area contributed by atoms with Crippen LogP contribution in [-0.4, -0.2) is 37.3 Å². The summed E-state index contributed by atoms with van der Waals surface area (Å²) in [4.78, 5) is 0. The SMILES string of the molecule is CC(C)(C)[Si](O/N=C\[C@@H](OCc1ccccc1)[C@H](OCc1ccccc1)[C@@H](I)COCc1ccccc1)(c1ccccc1)c1ccccc1. The topological polar surface area (TPSA) is 49.3 Å². The van der Waals surface area contributed by atoms with Crippen molar-refractivity contribution >= 4 is 47.5 Å². The van der Waals surface area contributed by atoms with Crippen molar-refractivity contribution < 1.29 is 18.7 Å². The Bertz CT molecular complexity index is 1630. The first kappa shape index (κ1) is 36.7. The molecule has 0 N–H and O–H groups in total. The maximum atomic E-state index is 6.92. The Balaban J connectivity index is 1.47. The van der Waals surface area contributed by atoms with E-state index in [9.17, 15) is 0 Å². The predicted octanol–water partition coefficient (Wildman–Crippen LogP) is 8.74. The van der Waals surface area contributed by atoms with E-state index in [0.717, 1.165) is 27.1 Å². The molecule has 0 heterocycles. The highest BCUT2D eigenvalue weighted by atomic mass is 127. The molecule has 0 unspecified atom stereocenters. The third-order valence-corrected chi connectivity index (χ3v) is 14.3. The summed E-state index contributed by atoms with van der Waals surface area (Å²) in [6.07, 6.45) is 0.900. The van der Waals surface area contributed by atoms with Gasteiger partial charge in [0.05, 0.1) is 36.6 Å². The van der Waals surface area contributed by atoms with Crippen molar-refractivity contribution in [1.82, 2.24) is 0 Å². The van der Waals surface area contributed by atoms with Crippen LogP contribution in [0.5, 0.6) is 0 Å². The lowest BCUT2D eigenvalue weighted by atomic mass is 10.1. The smallest absolute Gasteiger partial charge is 0.354 e. The number of ether oxygens (including phenoxy) is 3. The van der Waals surface area contributed by atoms with Gasteiger partial charge in [-0.25, -0.2) is 0 Å². The largest absolute Gasteiger partial charge is 0.443 e. The van der Waals surface area contributed by atoms with Crippen molar-refractivity contribution in [1.29, 1.82) is 0 Å². The Kier molecular flexibility index (Phi) is 13.8. The number of oxime groups is 1. The average Bonchev–Trinajstić information content (AvgIpc) is 3.13. The second-order valence-electron chi connectivity index (χ2n) is 13.0. The lowest BCUT2D eigenvalue weighted by Gasteiger charge is -2.40. The molecule has 0 radical (unpaired) electrons. The number of alkyl halides is 1. The molecule has 0 fully saturated rings. The molecule has 5 aromatic carbocycles. The first-order valence-corrected chi connectivity index (χ1v) is 19.9. The van der Waals surface area contributed by atoms with Crippen LogP contribution in [0.4, 0.5) is 0 Å². The van der Waals surface area contributed by atoms with Crippen LogP contribution in [0.2, 0.25) is 5.04 Å². The van der Waals surface area contributed by atoms with Gasteiger partial charge in [0.1, 0.15) is 12.2 Å². The lowest BCUT2D eigenvalue weighted by Crippen LogP contribution is -2.65. The molecule has 0 bridgehead atoms. The zero-order valence-electron chi connectivity index (χ0n) is 28.5. The Morgan fingerprint density at radius 1 is 0.592 bits per heavy atom. The van der Waals surface area contributed by atoms with Gasteiger partial charge in [-0.15, -0.1) is 5.16 Å². The quantitative estimate of drug-likeness (QED) is 0.0312. The maximum absolute atomic E-state index is 6.92. The minimum atomic E-state index is -2.92. The third-order valence-electron chi connectivity index (χ3n) is 8.45. The van der Waals surface area contributed by atoms with Crippen molar-refractivity contribution in [3.05, 3.63) is 168 Å². The monoisotopic (exact) mass is 783 g/mol. The number of hydrogen-bond donors (Lipinski definition) is 0. The van der Waals surface area contributed by atoms with Crippen molar-refractivity contribution in [2.75, 3.05) is 6.61 Å². The van der Waals surface area contributed by atoms with Gasteiger partial charge in [0.25, 0.3) is 0 Å². The summed E-state index contributed by atoms with van der Waals surface area (Å²) in [5.41, 5.74) is 3.29. The summed E-state index contributed by atoms with van der Waals surface area (Å²) in [7, 11) is -2.92. The second-order valence-corrected chi connectivity index (χ2v) is 18.8. The number of hydrogen-bond acceptors (Lipinski definition) is 5. The molecule has 3 atom stereocenters. The van der Waals surface area contributed by atoms with E-state index in [4.69, 9.17) is 23.9 Å². The fourth-order valence-electron chi connectivity index (χ4n) is 5.91. The molecular formula is C42H46INO4Si. The van der Waals surface area contributed by atoms with E-state index in [1.807, 2.05) is 66.7 Å². The molecule has 0 spiro atoms. The second kappa shape index (κ2) is 18.4. The number of rotatable bonds is 17. The normalized spacial score (nSPS) is 14.0. The molecule has 5 rings (SSSR count). The molecular weight excluding hydrogens is 737 g/mol. The Morgan fingerprint density at radius 3 is 1.45 bits per heavy atom. The summed E-state index contributed by atoms with van der Waals surface area (Å²) >= 11 is 2.43. The summed E-state index contributed by atoms with van der Waals surface area (Å²) < 4.78 is 26.5. The van der Waals surface area contributed by atoms with Gasteiger partial charge in [-0.3, -0.25) is 0 Å². The zero-order valence-corrected chi connectivity index (χ0v) is 31.7. The van der Waals surface area contributed by atoms with Crippen LogP contribution in [0, 0.1) is 0 Å². The van der Waals surface area contributed by atoms with E-state index in [-0.39, 0.29) is 15.1 Å². The summed E-state index contributed by atoms with van der Waals surface area (Å²) in [5.74, 6) is 0. The van der Waals surface area contributed by atoms with E-state index in [1.165, 1.54) is 0 Å². The van der Waals surface area contributed by atoms with Crippen molar-refractivity contribution in [3.63, 3.8) is 0 Å². The molecule has 0 saturated heterocycles. The molecule has 0 aromatic heterocycles. The van der Waals surface area contributed by atoms with Gasteiger partial charge < -0.3 is 18.7 Å². The van der Waals surface area contributed by atoms with Crippen molar-refractivity contribution in [3.8, 4) is 0 Å². The van der Waals surface area contributed by atoms with Gasteiger partial charge >= 0.3 is 8.32 Å². The highest BCUT2D eigenvalue weighted by Crippen LogP contribution is 2.37. The van der Waals surface area contributed by atoms with Gasteiger partial charge in [0.15, 0.2) is 0 Å². The highest BCUT2D eigenvalue weighted by molar-refractivity contribution is 14.1. The summed E-state index contributed by atoms with van der Waals surface area (Å²) in [5, 5.41) is 6.94. The van der Waals surface area contributed by atoms with Crippen LogP contribution in [-0.2, 0) is 38.6 Å². The third kappa shape index (κ3) is 10.2. The number of halogens is 1. The Labute approximate surface area is 306 Å². The van der Waals surface area contributed by atoms with E-state index >= 15 is 0 Å². The molecule has 0 aliphatic carbocycles. The molecule has 49 heavy (non-hydrogen) atoms. The first-order valence-electron chi connectivity index (χ1n) is 16.8. The van der Waals surface area contributed by atoms with Gasteiger partial charge in [-0.2, -0.15) is 0 Å². The maximum Gasteiger partial charge on any atom is 0.354 e. The standard InChI is InChI=1S/C42H46INO4Si/c1-42(2,3)49(37-25-15-7-16-26-37,38-27-17-8-18-28-38)48-44-29-40(46-31-35-21-11-5-12-22-35)41(47-32-36-23-13-6-14-24-36)39(43)33-45-30-34-19-9-4-10-20-34/h4-29,39-41H,30-33H2,1-3H3/b44-29-/t39-,40+,41+/m0/s1. The lowest BCUT2D eigenvalue weighted by molar-refractivity contribution is -0.0621. The molecule has 5 nitrogen and oxygen atoms in total. The van der Waals surface area contributed by atoms with E-state index in [0.29, 0.717) is 26.4 Å². The first-order chi connectivity index (χ1) is 23.9. The minimum Gasteiger partial charge on any atom is -0.443 e. The molecule has 0 aliphatic heterocycles. The zero-order chi connectivity index (χ0) is 34.4. The number of nitrogens with zero attached hydrogens (tertiary/aromatic N) is 1. The fourth-order valence-corrected chi connectivity index (χ4v) is 10.9. The van der Waals surface area contributed by atoms with Crippen LogP contribution >= 0.6 is 22.6 Å². The minimum absolute atomic E-state index is 0.0508. The van der Waals surface area contributed by atoms with E-state index < -0.39 is 14.4 Å². The fraction of sp³-hybridized carbons (Fsp3) is 0.262. The van der Waals surface area contributed by atoms with Crippen molar-refractivity contribution in [2.24, 2.45) is 5.16 Å². The van der Waals surface area contributed by atoms with Crippen LogP contribution in [0.15, 0.2) is 157 Å². The Hall–Kier alpha value is -3.60.